The monoisotopic (exact) mass is 432 g/mol. The summed E-state index contributed by atoms with van der Waals surface area (Å²) in [4.78, 5) is 21.8. The first-order chi connectivity index (χ1) is 14.3. The van der Waals surface area contributed by atoms with Crippen molar-refractivity contribution in [3.8, 4) is 0 Å². The van der Waals surface area contributed by atoms with Crippen LogP contribution in [0.3, 0.4) is 0 Å². The highest BCUT2D eigenvalue weighted by Gasteiger charge is 2.35. The van der Waals surface area contributed by atoms with Gasteiger partial charge in [-0.25, -0.2) is 4.99 Å². The summed E-state index contributed by atoms with van der Waals surface area (Å²) in [7, 11) is 0. The Morgan fingerprint density at radius 2 is 1.53 bits per heavy atom. The molecule has 1 aliphatic rings. The molecule has 0 saturated carbocycles. The molecule has 0 aliphatic carbocycles. The van der Waals surface area contributed by atoms with Gasteiger partial charge >= 0.3 is 0 Å². The Morgan fingerprint density at radius 3 is 2.17 bits per heavy atom. The van der Waals surface area contributed by atoms with Crippen LogP contribution in [0, 0.1) is 34.6 Å². The van der Waals surface area contributed by atoms with E-state index in [9.17, 15) is 4.79 Å². The molecular formula is C25H24N2OS2. The molecule has 2 heterocycles. The van der Waals surface area contributed by atoms with Gasteiger partial charge in [0.15, 0.2) is 5.17 Å². The predicted octanol–water partition coefficient (Wildman–Crippen LogP) is 7.10. The minimum atomic E-state index is -0.0290. The maximum Gasteiger partial charge on any atom is 0.271 e. The summed E-state index contributed by atoms with van der Waals surface area (Å²) in [5.74, 6) is -0.0290. The van der Waals surface area contributed by atoms with Gasteiger partial charge in [-0.1, -0.05) is 12.1 Å². The number of hydrogen-bond acceptors (Lipinski definition) is 4. The fourth-order valence-electron chi connectivity index (χ4n) is 3.20. The average molecular weight is 433 g/mol. The molecule has 0 atom stereocenters. The van der Waals surface area contributed by atoms with E-state index in [0.29, 0.717) is 10.1 Å². The van der Waals surface area contributed by atoms with Gasteiger partial charge < -0.3 is 0 Å². The third-order valence-corrected chi connectivity index (χ3v) is 7.37. The number of amides is 1. The third-order valence-electron chi connectivity index (χ3n) is 5.43. The highest BCUT2D eigenvalue weighted by atomic mass is 32.2. The van der Waals surface area contributed by atoms with Gasteiger partial charge in [0.2, 0.25) is 0 Å². The highest BCUT2D eigenvalue weighted by Crippen LogP contribution is 2.38. The van der Waals surface area contributed by atoms with Gasteiger partial charge in [0.05, 0.1) is 16.3 Å². The van der Waals surface area contributed by atoms with E-state index < -0.39 is 0 Å². The van der Waals surface area contributed by atoms with Crippen molar-refractivity contribution >= 4 is 51.6 Å². The average Bonchev–Trinajstić information content (AvgIpc) is 3.24. The van der Waals surface area contributed by atoms with Gasteiger partial charge in [-0.15, -0.1) is 11.3 Å². The molecule has 152 valence electrons. The molecule has 3 aromatic rings. The molecule has 1 fully saturated rings. The summed E-state index contributed by atoms with van der Waals surface area (Å²) in [6, 6.07) is 14.3. The Kier molecular flexibility index (Phi) is 5.67. The van der Waals surface area contributed by atoms with E-state index in [1.165, 1.54) is 34.0 Å². The van der Waals surface area contributed by atoms with Crippen molar-refractivity contribution in [1.82, 2.24) is 0 Å². The molecule has 1 aromatic heterocycles. The zero-order valence-electron chi connectivity index (χ0n) is 17.8. The summed E-state index contributed by atoms with van der Waals surface area (Å²) in [6.45, 7) is 10.4. The number of amidine groups is 1. The molecule has 2 aromatic carbocycles. The summed E-state index contributed by atoms with van der Waals surface area (Å²) in [6.07, 6.45) is 1.99. The van der Waals surface area contributed by atoms with E-state index in [4.69, 9.17) is 4.99 Å². The maximum absolute atomic E-state index is 13.4. The van der Waals surface area contributed by atoms with Crippen molar-refractivity contribution in [2.75, 3.05) is 4.90 Å². The number of hydrogen-bond donors (Lipinski definition) is 0. The molecule has 1 saturated heterocycles. The highest BCUT2D eigenvalue weighted by molar-refractivity contribution is 8.19. The van der Waals surface area contributed by atoms with Crippen molar-refractivity contribution in [1.29, 1.82) is 0 Å². The quantitative estimate of drug-likeness (QED) is 0.414. The lowest BCUT2D eigenvalue weighted by molar-refractivity contribution is -0.113. The van der Waals surface area contributed by atoms with Crippen molar-refractivity contribution < 1.29 is 4.79 Å². The molecule has 30 heavy (non-hydrogen) atoms. The molecule has 0 spiro atoms. The summed E-state index contributed by atoms with van der Waals surface area (Å²) < 4.78 is 0. The second-order valence-electron chi connectivity index (χ2n) is 7.65. The zero-order valence-corrected chi connectivity index (χ0v) is 19.4. The van der Waals surface area contributed by atoms with Gasteiger partial charge in [-0.3, -0.25) is 9.69 Å². The number of rotatable bonds is 3. The second-order valence-corrected chi connectivity index (χ2v) is 9.61. The topological polar surface area (TPSA) is 32.7 Å². The van der Waals surface area contributed by atoms with E-state index in [-0.39, 0.29) is 5.91 Å². The van der Waals surface area contributed by atoms with E-state index >= 15 is 0 Å². The van der Waals surface area contributed by atoms with Crippen LogP contribution in [0.5, 0.6) is 0 Å². The summed E-state index contributed by atoms with van der Waals surface area (Å²) >= 11 is 3.09. The lowest BCUT2D eigenvalue weighted by atomic mass is 10.1. The van der Waals surface area contributed by atoms with Crippen LogP contribution in [0.2, 0.25) is 0 Å². The fraction of sp³-hybridized carbons (Fsp3) is 0.200. The van der Waals surface area contributed by atoms with E-state index in [1.807, 2.05) is 18.2 Å². The van der Waals surface area contributed by atoms with Crippen molar-refractivity contribution in [2.45, 2.75) is 34.6 Å². The molecule has 4 rings (SSSR count). The first-order valence-electron chi connectivity index (χ1n) is 9.85. The number of aliphatic imine (C=N–C) groups is 1. The Labute approximate surface area is 186 Å². The SMILES string of the molecule is Cc1ccc(N=C2S/C(=C\c3sccc3C)C(=O)N2c2ccc(C)c(C)c2)cc1C. The molecule has 0 N–H and O–H groups in total. The molecule has 0 radical (unpaired) electrons. The first-order valence-corrected chi connectivity index (χ1v) is 11.5. The van der Waals surface area contributed by atoms with Crippen LogP contribution in [0.1, 0.15) is 32.7 Å². The standard InChI is InChI=1S/C25H24N2OS2/c1-15-6-8-20(12-18(15)4)26-25-27(21-9-7-16(2)19(5)13-21)24(28)23(30-25)14-22-17(3)10-11-29-22/h6-14H,1-5H3/b23-14-,26-25?. The van der Waals surface area contributed by atoms with E-state index in [1.54, 1.807) is 16.2 Å². The van der Waals surface area contributed by atoms with Gasteiger partial charge in [0.1, 0.15) is 0 Å². The Balaban J connectivity index is 1.81. The number of anilines is 1. The van der Waals surface area contributed by atoms with Gasteiger partial charge in [0, 0.05) is 4.88 Å². The van der Waals surface area contributed by atoms with Crippen molar-refractivity contribution in [3.63, 3.8) is 0 Å². The van der Waals surface area contributed by atoms with Crippen molar-refractivity contribution in [2.24, 2.45) is 4.99 Å². The maximum atomic E-state index is 13.4. The van der Waals surface area contributed by atoms with Crippen LogP contribution in [0.4, 0.5) is 11.4 Å². The second kappa shape index (κ2) is 8.25. The van der Waals surface area contributed by atoms with Crippen LogP contribution in [-0.4, -0.2) is 11.1 Å². The number of carbonyl (C=O) groups is 1. The van der Waals surface area contributed by atoms with Crippen molar-refractivity contribution in [3.05, 3.63) is 85.4 Å². The largest absolute Gasteiger partial charge is 0.271 e. The number of benzene rings is 2. The van der Waals surface area contributed by atoms with Gasteiger partial charge in [-0.2, -0.15) is 0 Å². The third kappa shape index (κ3) is 4.00. The molecule has 1 aliphatic heterocycles. The predicted molar refractivity (Wildman–Crippen MR) is 131 cm³/mol. The molecule has 1 amide bonds. The number of aryl methyl sites for hydroxylation is 5. The first kappa shape index (κ1) is 20.6. The number of carbonyl (C=O) groups excluding carboxylic acids is 1. The smallest absolute Gasteiger partial charge is 0.268 e. The van der Waals surface area contributed by atoms with Crippen LogP contribution in [-0.2, 0) is 4.79 Å². The minimum absolute atomic E-state index is 0.0290. The van der Waals surface area contributed by atoms with Crippen LogP contribution in [0.15, 0.2) is 57.7 Å². The van der Waals surface area contributed by atoms with Crippen LogP contribution in [0.25, 0.3) is 6.08 Å². The number of thioether (sulfide) groups is 1. The Hall–Kier alpha value is -2.63. The van der Waals surface area contributed by atoms with Gasteiger partial charge in [0.25, 0.3) is 5.91 Å². The molecular weight excluding hydrogens is 408 g/mol. The lowest BCUT2D eigenvalue weighted by Gasteiger charge is -2.17. The lowest BCUT2D eigenvalue weighted by Crippen LogP contribution is -2.28. The van der Waals surface area contributed by atoms with Crippen LogP contribution >= 0.6 is 23.1 Å². The molecule has 3 nitrogen and oxygen atoms in total. The minimum Gasteiger partial charge on any atom is -0.268 e. The molecule has 5 heteroatoms. The number of thiophene rings is 1. The van der Waals surface area contributed by atoms with E-state index in [2.05, 4.69) is 70.3 Å². The van der Waals surface area contributed by atoms with Crippen LogP contribution < -0.4 is 4.90 Å². The number of nitrogens with zero attached hydrogens (tertiary/aromatic N) is 2. The summed E-state index contributed by atoms with van der Waals surface area (Å²) in [5.41, 5.74) is 7.67. The normalized spacial score (nSPS) is 16.8. The Morgan fingerprint density at radius 1 is 0.833 bits per heavy atom. The summed E-state index contributed by atoms with van der Waals surface area (Å²) in [5, 5.41) is 2.74. The zero-order chi connectivity index (χ0) is 21.4. The fourth-order valence-corrected chi connectivity index (χ4v) is 5.11. The molecule has 0 bridgehead atoms. The van der Waals surface area contributed by atoms with Gasteiger partial charge in [-0.05, 0) is 116 Å². The Bertz CT molecular complexity index is 1200. The molecule has 0 unspecified atom stereocenters. The van der Waals surface area contributed by atoms with E-state index in [0.717, 1.165) is 21.8 Å².